The van der Waals surface area contributed by atoms with Crippen LogP contribution in [-0.4, -0.2) is 42.1 Å². The number of morpholine rings is 1. The van der Waals surface area contributed by atoms with E-state index in [-0.39, 0.29) is 16.9 Å². The number of carbonyl (C=O) groups is 1. The Balaban J connectivity index is 1.88. The quantitative estimate of drug-likeness (QED) is 0.862. The van der Waals surface area contributed by atoms with Crippen molar-refractivity contribution in [1.82, 2.24) is 9.88 Å². The molecule has 1 fully saturated rings. The first-order chi connectivity index (χ1) is 11.6. The second kappa shape index (κ2) is 7.70. The van der Waals surface area contributed by atoms with Gasteiger partial charge >= 0.3 is 0 Å². The zero-order valence-corrected chi connectivity index (χ0v) is 13.7. The van der Waals surface area contributed by atoms with Crippen molar-refractivity contribution in [3.05, 3.63) is 59.1 Å². The summed E-state index contributed by atoms with van der Waals surface area (Å²) in [5, 5.41) is 3.00. The van der Waals surface area contributed by atoms with Gasteiger partial charge in [0, 0.05) is 19.3 Å². The Morgan fingerprint density at radius 1 is 1.29 bits per heavy atom. The Labute approximate surface area is 144 Å². The molecular formula is C17H17ClFN3O2. The van der Waals surface area contributed by atoms with E-state index in [1.54, 1.807) is 30.5 Å². The molecule has 5 nitrogen and oxygen atoms in total. The van der Waals surface area contributed by atoms with Gasteiger partial charge < -0.3 is 10.1 Å². The molecule has 24 heavy (non-hydrogen) atoms. The maximum absolute atomic E-state index is 13.6. The number of halogens is 2. The van der Waals surface area contributed by atoms with Crippen molar-refractivity contribution in [2.45, 2.75) is 6.04 Å². The number of nitrogens with one attached hydrogen (secondary N) is 1. The predicted molar refractivity (Wildman–Crippen MR) is 89.4 cm³/mol. The number of carbonyl (C=O) groups excluding carboxylic acids is 1. The van der Waals surface area contributed by atoms with Crippen LogP contribution in [0.4, 0.5) is 10.1 Å². The van der Waals surface area contributed by atoms with E-state index in [2.05, 4.69) is 10.3 Å². The number of hydrogen-bond acceptors (Lipinski definition) is 4. The first kappa shape index (κ1) is 16.8. The third-order valence-corrected chi connectivity index (χ3v) is 4.14. The van der Waals surface area contributed by atoms with E-state index in [0.29, 0.717) is 37.6 Å². The normalized spacial score (nSPS) is 16.6. The molecule has 1 aliphatic heterocycles. The zero-order chi connectivity index (χ0) is 16.9. The molecule has 0 bridgehead atoms. The molecule has 2 aromatic rings. The SMILES string of the molecule is O=C(Nc1cccnc1Cl)C(c1cccc(F)c1)N1CCOCC1. The predicted octanol–water partition coefficient (Wildman–Crippen LogP) is 2.89. The van der Waals surface area contributed by atoms with Crippen LogP contribution >= 0.6 is 11.6 Å². The van der Waals surface area contributed by atoms with Crippen molar-refractivity contribution in [2.75, 3.05) is 31.6 Å². The minimum Gasteiger partial charge on any atom is -0.379 e. The second-order valence-electron chi connectivity index (χ2n) is 5.44. The summed E-state index contributed by atoms with van der Waals surface area (Å²) in [5.74, 6) is -0.657. The summed E-state index contributed by atoms with van der Waals surface area (Å²) in [6.07, 6.45) is 1.55. The van der Waals surface area contributed by atoms with Gasteiger partial charge in [-0.1, -0.05) is 23.7 Å². The molecule has 1 amide bonds. The van der Waals surface area contributed by atoms with Gasteiger partial charge in [0.15, 0.2) is 5.15 Å². The summed E-state index contributed by atoms with van der Waals surface area (Å²) in [5.41, 5.74) is 1.02. The van der Waals surface area contributed by atoms with E-state index >= 15 is 0 Å². The van der Waals surface area contributed by atoms with Crippen molar-refractivity contribution in [1.29, 1.82) is 0 Å². The van der Waals surface area contributed by atoms with Crippen LogP contribution in [0.3, 0.4) is 0 Å². The van der Waals surface area contributed by atoms with Gasteiger partial charge in [0.05, 0.1) is 18.9 Å². The van der Waals surface area contributed by atoms with Crippen LogP contribution in [0.1, 0.15) is 11.6 Å². The van der Waals surface area contributed by atoms with Crippen LogP contribution in [0.2, 0.25) is 5.15 Å². The van der Waals surface area contributed by atoms with E-state index in [1.807, 2.05) is 4.90 Å². The maximum Gasteiger partial charge on any atom is 0.246 e. The Morgan fingerprint density at radius 2 is 2.08 bits per heavy atom. The van der Waals surface area contributed by atoms with Gasteiger partial charge in [-0.05, 0) is 29.8 Å². The van der Waals surface area contributed by atoms with Gasteiger partial charge in [-0.25, -0.2) is 9.37 Å². The highest BCUT2D eigenvalue weighted by atomic mass is 35.5. The number of ether oxygens (including phenoxy) is 1. The lowest BCUT2D eigenvalue weighted by molar-refractivity contribution is -0.123. The number of anilines is 1. The molecule has 1 aromatic heterocycles. The molecule has 3 rings (SSSR count). The fourth-order valence-electron chi connectivity index (χ4n) is 2.72. The van der Waals surface area contributed by atoms with Gasteiger partial charge in [0.25, 0.3) is 0 Å². The van der Waals surface area contributed by atoms with Gasteiger partial charge in [-0.3, -0.25) is 9.69 Å². The Morgan fingerprint density at radius 3 is 2.79 bits per heavy atom. The fraction of sp³-hybridized carbons (Fsp3) is 0.294. The Kier molecular flexibility index (Phi) is 5.40. The van der Waals surface area contributed by atoms with Gasteiger partial charge in [-0.2, -0.15) is 0 Å². The topological polar surface area (TPSA) is 54.5 Å². The van der Waals surface area contributed by atoms with Crippen LogP contribution in [0, 0.1) is 5.82 Å². The lowest BCUT2D eigenvalue weighted by Crippen LogP contribution is -2.44. The minimum absolute atomic E-state index is 0.214. The number of aromatic nitrogens is 1. The highest BCUT2D eigenvalue weighted by Gasteiger charge is 2.29. The lowest BCUT2D eigenvalue weighted by atomic mass is 10.0. The Bertz CT molecular complexity index is 722. The molecule has 126 valence electrons. The van der Waals surface area contributed by atoms with E-state index in [0.717, 1.165) is 0 Å². The third-order valence-electron chi connectivity index (χ3n) is 3.84. The van der Waals surface area contributed by atoms with Crippen molar-refractivity contribution in [3.63, 3.8) is 0 Å². The number of nitrogens with zero attached hydrogens (tertiary/aromatic N) is 2. The molecule has 0 saturated carbocycles. The molecule has 1 saturated heterocycles. The summed E-state index contributed by atoms with van der Waals surface area (Å²) in [6.45, 7) is 2.25. The van der Waals surface area contributed by atoms with E-state index in [1.165, 1.54) is 12.1 Å². The van der Waals surface area contributed by atoms with Crippen molar-refractivity contribution in [3.8, 4) is 0 Å². The first-order valence-electron chi connectivity index (χ1n) is 7.64. The average Bonchev–Trinajstić information content (AvgIpc) is 2.58. The number of rotatable bonds is 4. The molecule has 1 aliphatic rings. The molecule has 0 radical (unpaired) electrons. The summed E-state index contributed by atoms with van der Waals surface area (Å²) in [7, 11) is 0. The van der Waals surface area contributed by atoms with Crippen molar-refractivity contribution in [2.24, 2.45) is 0 Å². The van der Waals surface area contributed by atoms with Crippen LogP contribution < -0.4 is 5.32 Å². The monoisotopic (exact) mass is 349 g/mol. The molecule has 1 aromatic carbocycles. The van der Waals surface area contributed by atoms with Crippen LogP contribution in [-0.2, 0) is 9.53 Å². The van der Waals surface area contributed by atoms with Gasteiger partial charge in [0.1, 0.15) is 11.9 Å². The average molecular weight is 350 g/mol. The van der Waals surface area contributed by atoms with E-state index in [9.17, 15) is 9.18 Å². The molecule has 1 atom stereocenters. The molecule has 2 heterocycles. The van der Waals surface area contributed by atoms with Gasteiger partial charge in [0.2, 0.25) is 5.91 Å². The van der Waals surface area contributed by atoms with E-state index < -0.39 is 6.04 Å². The van der Waals surface area contributed by atoms with Crippen molar-refractivity contribution >= 4 is 23.2 Å². The standard InChI is InChI=1S/C17H17ClFN3O2/c18-16-14(5-2-6-20-16)21-17(23)15(22-7-9-24-10-8-22)12-3-1-4-13(19)11-12/h1-6,11,15H,7-10H2,(H,21,23). The summed E-state index contributed by atoms with van der Waals surface area (Å²) in [6, 6.07) is 8.82. The smallest absolute Gasteiger partial charge is 0.246 e. The fourth-order valence-corrected chi connectivity index (χ4v) is 2.89. The Hall–Kier alpha value is -2.02. The highest BCUT2D eigenvalue weighted by Crippen LogP contribution is 2.26. The molecular weight excluding hydrogens is 333 g/mol. The highest BCUT2D eigenvalue weighted by molar-refractivity contribution is 6.32. The molecule has 0 aliphatic carbocycles. The summed E-state index contributed by atoms with van der Waals surface area (Å²) >= 11 is 6.01. The van der Waals surface area contributed by atoms with Crippen molar-refractivity contribution < 1.29 is 13.9 Å². The summed E-state index contributed by atoms with van der Waals surface area (Å²) < 4.78 is 19.0. The third kappa shape index (κ3) is 3.90. The number of hydrogen-bond donors (Lipinski definition) is 1. The molecule has 7 heteroatoms. The zero-order valence-electron chi connectivity index (χ0n) is 12.9. The van der Waals surface area contributed by atoms with Gasteiger partial charge in [-0.15, -0.1) is 0 Å². The number of amides is 1. The lowest BCUT2D eigenvalue weighted by Gasteiger charge is -2.33. The molecule has 1 N–H and O–H groups in total. The van der Waals surface area contributed by atoms with Crippen LogP contribution in [0.25, 0.3) is 0 Å². The number of benzene rings is 1. The van der Waals surface area contributed by atoms with E-state index in [4.69, 9.17) is 16.3 Å². The molecule has 1 unspecified atom stereocenters. The largest absolute Gasteiger partial charge is 0.379 e. The second-order valence-corrected chi connectivity index (χ2v) is 5.79. The van der Waals surface area contributed by atoms with Crippen LogP contribution in [0.5, 0.6) is 0 Å². The summed E-state index contributed by atoms with van der Waals surface area (Å²) in [4.78, 5) is 18.8. The molecule has 0 spiro atoms. The first-order valence-corrected chi connectivity index (χ1v) is 8.01. The maximum atomic E-state index is 13.6. The number of pyridine rings is 1. The van der Waals surface area contributed by atoms with Crippen LogP contribution in [0.15, 0.2) is 42.6 Å². The minimum atomic E-state index is -0.624.